The minimum Gasteiger partial charge on any atom is -0.493 e. The lowest BCUT2D eigenvalue weighted by Gasteiger charge is -2.36. The number of ether oxygens (including phenoxy) is 1. The Kier molecular flexibility index (Phi) is 9.64. The van der Waals surface area contributed by atoms with E-state index in [1.54, 1.807) is 0 Å². The number of aliphatic hydroxyl groups is 1. The van der Waals surface area contributed by atoms with Gasteiger partial charge in [-0.25, -0.2) is 0 Å². The summed E-state index contributed by atoms with van der Waals surface area (Å²) in [5.74, 6) is 1.26. The van der Waals surface area contributed by atoms with Gasteiger partial charge in [-0.3, -0.25) is 0 Å². The molecule has 3 rings (SSSR count). The van der Waals surface area contributed by atoms with Gasteiger partial charge in [0.1, 0.15) is 5.75 Å². The number of nitrogens with one attached hydrogen (secondary N) is 1. The highest BCUT2D eigenvalue weighted by Gasteiger charge is 2.27. The van der Waals surface area contributed by atoms with Crippen LogP contribution in [0.3, 0.4) is 0 Å². The number of benzene rings is 1. The van der Waals surface area contributed by atoms with Crippen molar-refractivity contribution < 1.29 is 9.84 Å². The molecule has 2 aliphatic heterocycles. The number of fused-ring (bicyclic) bond motifs is 1. The molecule has 32 heavy (non-hydrogen) atoms. The Labute approximate surface area is 195 Å². The van der Waals surface area contributed by atoms with Crippen LogP contribution in [0.4, 0.5) is 0 Å². The van der Waals surface area contributed by atoms with Gasteiger partial charge in [0.25, 0.3) is 0 Å². The Morgan fingerprint density at radius 1 is 1.31 bits per heavy atom. The molecule has 0 amide bonds. The maximum absolute atomic E-state index is 10.8. The van der Waals surface area contributed by atoms with Crippen LogP contribution >= 0.6 is 0 Å². The van der Waals surface area contributed by atoms with Gasteiger partial charge in [0.15, 0.2) is 0 Å². The van der Waals surface area contributed by atoms with E-state index in [4.69, 9.17) is 4.74 Å². The minimum absolute atomic E-state index is 0.260. The molecule has 0 saturated carbocycles. The van der Waals surface area contributed by atoms with Crippen LogP contribution < -0.4 is 10.1 Å². The third-order valence-electron chi connectivity index (χ3n) is 6.77. The fourth-order valence-corrected chi connectivity index (χ4v) is 4.83. The molecule has 2 atom stereocenters. The van der Waals surface area contributed by atoms with Gasteiger partial charge in [-0.2, -0.15) is 0 Å². The topological polar surface area (TPSA) is 48.0 Å². The number of rotatable bonds is 11. The van der Waals surface area contributed by atoms with Crippen molar-refractivity contribution in [2.45, 2.75) is 51.0 Å². The average molecular weight is 442 g/mol. The first-order valence-corrected chi connectivity index (χ1v) is 12.4. The number of hydrogen-bond acceptors (Lipinski definition) is 5. The van der Waals surface area contributed by atoms with Crippen molar-refractivity contribution in [1.29, 1.82) is 0 Å². The highest BCUT2D eigenvalue weighted by molar-refractivity contribution is 5.68. The zero-order chi connectivity index (χ0) is 22.9. The molecule has 5 heteroatoms. The highest BCUT2D eigenvalue weighted by Crippen LogP contribution is 2.32. The van der Waals surface area contributed by atoms with Crippen LogP contribution in [0.2, 0.25) is 0 Å². The lowest BCUT2D eigenvalue weighted by atomic mass is 9.92. The Morgan fingerprint density at radius 3 is 2.91 bits per heavy atom. The summed E-state index contributed by atoms with van der Waals surface area (Å²) in [6.45, 7) is 13.9. The van der Waals surface area contributed by atoms with Crippen LogP contribution in [0.25, 0.3) is 5.70 Å². The Hall–Kier alpha value is -1.82. The van der Waals surface area contributed by atoms with Gasteiger partial charge < -0.3 is 25.0 Å². The summed E-state index contributed by atoms with van der Waals surface area (Å²) in [5.41, 5.74) is 4.58. The molecule has 0 unspecified atom stereocenters. The van der Waals surface area contributed by atoms with E-state index in [0.717, 1.165) is 88.4 Å². The molecular weight excluding hydrogens is 398 g/mol. The molecule has 2 N–H and O–H groups in total. The van der Waals surface area contributed by atoms with E-state index in [2.05, 4.69) is 54.5 Å². The molecular formula is C27H43N3O2. The molecule has 1 aromatic carbocycles. The van der Waals surface area contributed by atoms with Gasteiger partial charge in [-0.15, -0.1) is 6.58 Å². The molecule has 0 radical (unpaired) electrons. The monoisotopic (exact) mass is 441 g/mol. The zero-order valence-electron chi connectivity index (χ0n) is 20.2. The summed E-state index contributed by atoms with van der Waals surface area (Å²) in [4.78, 5) is 4.65. The van der Waals surface area contributed by atoms with Crippen molar-refractivity contribution in [3.05, 3.63) is 48.1 Å². The van der Waals surface area contributed by atoms with E-state index < -0.39 is 0 Å². The first-order valence-electron chi connectivity index (χ1n) is 12.4. The molecule has 2 heterocycles. The van der Waals surface area contributed by atoms with E-state index in [0.29, 0.717) is 0 Å². The van der Waals surface area contributed by atoms with Crippen molar-refractivity contribution >= 4 is 5.70 Å². The van der Waals surface area contributed by atoms with Crippen LogP contribution in [-0.2, 0) is 12.8 Å². The van der Waals surface area contributed by atoms with Crippen molar-refractivity contribution in [2.75, 3.05) is 53.4 Å². The van der Waals surface area contributed by atoms with Crippen LogP contribution in [0.5, 0.6) is 5.75 Å². The van der Waals surface area contributed by atoms with Crippen molar-refractivity contribution in [3.63, 3.8) is 0 Å². The predicted molar refractivity (Wildman–Crippen MR) is 134 cm³/mol. The lowest BCUT2D eigenvalue weighted by Crippen LogP contribution is -2.47. The molecule has 5 nitrogen and oxygen atoms in total. The quantitative estimate of drug-likeness (QED) is 0.405. The average Bonchev–Trinajstić information content (AvgIpc) is 3.01. The minimum atomic E-state index is -0.287. The van der Waals surface area contributed by atoms with Gasteiger partial charge in [0.05, 0.1) is 12.7 Å². The van der Waals surface area contributed by atoms with Crippen LogP contribution in [0.1, 0.15) is 48.8 Å². The molecule has 1 saturated heterocycles. The van der Waals surface area contributed by atoms with Gasteiger partial charge in [0.2, 0.25) is 0 Å². The first kappa shape index (κ1) is 24.8. The third kappa shape index (κ3) is 7.09. The van der Waals surface area contributed by atoms with Crippen LogP contribution in [0.15, 0.2) is 31.4 Å². The molecule has 1 aromatic rings. The standard InChI is InChI=1S/C27H43N3O2/c1-5-10-22-17-25(24-11-6-9-16-32-27(24)18-22)21(2)28-19-23-12-15-30(20-26(23)31)14-8-7-13-29(3)4/h5,17-18,23,26,28,31H,1-2,6-16,19-20H2,3-4H3/t23-,26+/m0/s1. The number of allylic oxidation sites excluding steroid dienone is 1. The fourth-order valence-electron chi connectivity index (χ4n) is 4.83. The highest BCUT2D eigenvalue weighted by atomic mass is 16.5. The number of nitrogens with zero attached hydrogens (tertiary/aromatic N) is 2. The molecule has 0 aromatic heterocycles. The summed E-state index contributed by atoms with van der Waals surface area (Å²) >= 11 is 0. The Morgan fingerprint density at radius 2 is 2.16 bits per heavy atom. The Bertz CT molecular complexity index is 762. The molecule has 0 aliphatic carbocycles. The summed E-state index contributed by atoms with van der Waals surface area (Å²) in [6, 6.07) is 4.40. The number of hydrogen-bond donors (Lipinski definition) is 2. The molecule has 0 spiro atoms. The lowest BCUT2D eigenvalue weighted by molar-refractivity contribution is 0.0228. The zero-order valence-corrected chi connectivity index (χ0v) is 20.2. The van der Waals surface area contributed by atoms with Gasteiger partial charge in [0, 0.05) is 35.8 Å². The van der Waals surface area contributed by atoms with Crippen LogP contribution in [-0.4, -0.2) is 74.4 Å². The molecule has 1 fully saturated rings. The number of piperidine rings is 1. The predicted octanol–water partition coefficient (Wildman–Crippen LogP) is 3.72. The van der Waals surface area contributed by atoms with E-state index in [1.807, 2.05) is 6.08 Å². The SMILES string of the molecule is C=CCc1cc2c(c(C(=C)NC[C@@H]3CCN(CCCCN(C)C)C[C@H]3O)c1)CCCCO2. The van der Waals surface area contributed by atoms with Crippen molar-refractivity contribution in [3.8, 4) is 5.75 Å². The summed E-state index contributed by atoms with van der Waals surface area (Å²) < 4.78 is 6.05. The van der Waals surface area contributed by atoms with Crippen molar-refractivity contribution in [1.82, 2.24) is 15.1 Å². The maximum Gasteiger partial charge on any atom is 0.123 e. The van der Waals surface area contributed by atoms with Gasteiger partial charge >= 0.3 is 0 Å². The Balaban J connectivity index is 1.54. The number of aliphatic hydroxyl groups excluding tert-OH is 1. The largest absolute Gasteiger partial charge is 0.493 e. The molecule has 0 bridgehead atoms. The van der Waals surface area contributed by atoms with E-state index in [-0.39, 0.29) is 12.0 Å². The second-order valence-electron chi connectivity index (χ2n) is 9.70. The van der Waals surface area contributed by atoms with E-state index in [1.165, 1.54) is 24.0 Å². The summed E-state index contributed by atoms with van der Waals surface area (Å²) in [6.07, 6.45) is 9.14. The number of likely N-dealkylation sites (tertiary alicyclic amines) is 1. The van der Waals surface area contributed by atoms with Crippen LogP contribution in [0, 0.1) is 5.92 Å². The van der Waals surface area contributed by atoms with Gasteiger partial charge in [-0.1, -0.05) is 12.7 Å². The molecule has 2 aliphatic rings. The summed E-state index contributed by atoms with van der Waals surface area (Å²) in [7, 11) is 4.24. The van der Waals surface area contributed by atoms with Crippen molar-refractivity contribution in [2.24, 2.45) is 5.92 Å². The fraction of sp³-hybridized carbons (Fsp3) is 0.630. The number of β-amino-alcohol motifs (C(OH)–C–C–N with tert-alkyl or cyclic N) is 1. The summed E-state index contributed by atoms with van der Waals surface area (Å²) in [5, 5.41) is 14.3. The van der Waals surface area contributed by atoms with Gasteiger partial charge in [-0.05, 0) is 96.4 Å². The second kappa shape index (κ2) is 12.4. The van der Waals surface area contributed by atoms with E-state index >= 15 is 0 Å². The van der Waals surface area contributed by atoms with E-state index in [9.17, 15) is 5.11 Å². The first-order chi connectivity index (χ1) is 15.5. The smallest absolute Gasteiger partial charge is 0.123 e. The molecule has 178 valence electrons. The second-order valence-corrected chi connectivity index (χ2v) is 9.70. The maximum atomic E-state index is 10.8. The normalized spacial score (nSPS) is 21.5. The number of unbranched alkanes of at least 4 members (excludes halogenated alkanes) is 1. The third-order valence-corrected chi connectivity index (χ3v) is 6.77.